The SMILES string of the molecule is CCc1ccc(NC(=O)/C(C#N)=C/c2ccccc2OC(C)C)cc1. The summed E-state index contributed by atoms with van der Waals surface area (Å²) in [5.74, 6) is 0.205. The molecule has 1 amide bonds. The lowest BCUT2D eigenvalue weighted by molar-refractivity contribution is -0.112. The number of nitrogens with one attached hydrogen (secondary N) is 1. The van der Waals surface area contributed by atoms with Gasteiger partial charge in [0.05, 0.1) is 6.10 Å². The molecule has 0 unspecified atom stereocenters. The van der Waals surface area contributed by atoms with Crippen LogP contribution >= 0.6 is 0 Å². The highest BCUT2D eigenvalue weighted by Gasteiger charge is 2.11. The minimum Gasteiger partial charge on any atom is -0.490 e. The zero-order valence-electron chi connectivity index (χ0n) is 14.7. The first kappa shape index (κ1) is 18.3. The van der Waals surface area contributed by atoms with Gasteiger partial charge in [-0.15, -0.1) is 0 Å². The van der Waals surface area contributed by atoms with Crippen LogP contribution in [0.5, 0.6) is 5.75 Å². The Kier molecular flexibility index (Phi) is 6.36. The van der Waals surface area contributed by atoms with Crippen LogP contribution < -0.4 is 10.1 Å². The number of hydrogen-bond donors (Lipinski definition) is 1. The van der Waals surface area contributed by atoms with E-state index in [4.69, 9.17) is 4.74 Å². The normalized spacial score (nSPS) is 11.1. The molecule has 0 saturated carbocycles. The first-order chi connectivity index (χ1) is 12.0. The molecule has 1 N–H and O–H groups in total. The quantitative estimate of drug-likeness (QED) is 0.621. The van der Waals surface area contributed by atoms with Gasteiger partial charge in [-0.2, -0.15) is 5.26 Å². The minimum atomic E-state index is -0.439. The molecule has 25 heavy (non-hydrogen) atoms. The molecule has 0 radical (unpaired) electrons. The van der Waals surface area contributed by atoms with E-state index in [2.05, 4.69) is 12.2 Å². The van der Waals surface area contributed by atoms with Crippen molar-refractivity contribution in [3.63, 3.8) is 0 Å². The van der Waals surface area contributed by atoms with Gasteiger partial charge in [-0.1, -0.05) is 37.3 Å². The number of para-hydroxylation sites is 1. The molecule has 128 valence electrons. The predicted octanol–water partition coefficient (Wildman–Crippen LogP) is 4.58. The number of ether oxygens (including phenoxy) is 1. The summed E-state index contributed by atoms with van der Waals surface area (Å²) in [7, 11) is 0. The van der Waals surface area contributed by atoms with E-state index in [1.54, 1.807) is 6.08 Å². The lowest BCUT2D eigenvalue weighted by Crippen LogP contribution is -2.13. The third kappa shape index (κ3) is 5.22. The maximum atomic E-state index is 12.4. The van der Waals surface area contributed by atoms with E-state index in [1.807, 2.05) is 68.4 Å². The number of benzene rings is 2. The molecule has 0 aliphatic heterocycles. The number of amides is 1. The summed E-state index contributed by atoms with van der Waals surface area (Å²) in [5, 5.41) is 12.1. The molecule has 0 heterocycles. The van der Waals surface area contributed by atoms with E-state index >= 15 is 0 Å². The van der Waals surface area contributed by atoms with Crippen molar-refractivity contribution in [2.45, 2.75) is 33.3 Å². The van der Waals surface area contributed by atoms with Gasteiger partial charge in [-0.25, -0.2) is 0 Å². The Balaban J connectivity index is 2.22. The Morgan fingerprint density at radius 1 is 1.20 bits per heavy atom. The molecule has 0 saturated heterocycles. The van der Waals surface area contributed by atoms with Gasteiger partial charge in [0.25, 0.3) is 5.91 Å². The molecular formula is C21H22N2O2. The summed E-state index contributed by atoms with van der Waals surface area (Å²) < 4.78 is 5.73. The molecule has 0 fully saturated rings. The average Bonchev–Trinajstić information content (AvgIpc) is 2.61. The first-order valence-corrected chi connectivity index (χ1v) is 8.31. The molecule has 0 bridgehead atoms. The van der Waals surface area contributed by atoms with Crippen molar-refractivity contribution in [3.05, 3.63) is 65.2 Å². The second-order valence-electron chi connectivity index (χ2n) is 5.88. The second kappa shape index (κ2) is 8.70. The Labute approximate surface area is 148 Å². The van der Waals surface area contributed by atoms with Crippen molar-refractivity contribution in [1.82, 2.24) is 0 Å². The highest BCUT2D eigenvalue weighted by Crippen LogP contribution is 2.22. The Hall–Kier alpha value is -3.06. The largest absolute Gasteiger partial charge is 0.490 e. The van der Waals surface area contributed by atoms with Crippen LogP contribution in [0.2, 0.25) is 0 Å². The van der Waals surface area contributed by atoms with Crippen molar-refractivity contribution >= 4 is 17.7 Å². The molecule has 0 aromatic heterocycles. The fourth-order valence-corrected chi connectivity index (χ4v) is 2.29. The third-order valence-corrected chi connectivity index (χ3v) is 3.57. The molecule has 2 aromatic rings. The zero-order chi connectivity index (χ0) is 18.2. The second-order valence-corrected chi connectivity index (χ2v) is 5.88. The lowest BCUT2D eigenvalue weighted by Gasteiger charge is -2.12. The number of nitrogens with zero attached hydrogens (tertiary/aromatic N) is 1. The van der Waals surface area contributed by atoms with Crippen molar-refractivity contribution in [1.29, 1.82) is 5.26 Å². The van der Waals surface area contributed by atoms with Crippen molar-refractivity contribution < 1.29 is 9.53 Å². The number of aryl methyl sites for hydroxylation is 1. The molecule has 0 spiro atoms. The van der Waals surface area contributed by atoms with Crippen molar-refractivity contribution in [3.8, 4) is 11.8 Å². The topological polar surface area (TPSA) is 62.1 Å². The number of nitriles is 1. The summed E-state index contributed by atoms with van der Waals surface area (Å²) >= 11 is 0. The monoisotopic (exact) mass is 334 g/mol. The summed E-state index contributed by atoms with van der Waals surface area (Å²) in [6.07, 6.45) is 2.49. The van der Waals surface area contributed by atoms with E-state index in [9.17, 15) is 10.1 Å². The van der Waals surface area contributed by atoms with Crippen LogP contribution in [0.4, 0.5) is 5.69 Å². The maximum Gasteiger partial charge on any atom is 0.266 e. The van der Waals surface area contributed by atoms with E-state index in [0.29, 0.717) is 17.0 Å². The number of anilines is 1. The molecule has 4 nitrogen and oxygen atoms in total. The third-order valence-electron chi connectivity index (χ3n) is 3.57. The highest BCUT2D eigenvalue weighted by atomic mass is 16.5. The number of hydrogen-bond acceptors (Lipinski definition) is 3. The van der Waals surface area contributed by atoms with Gasteiger partial charge in [0.2, 0.25) is 0 Å². The highest BCUT2D eigenvalue weighted by molar-refractivity contribution is 6.09. The number of rotatable bonds is 6. The fourth-order valence-electron chi connectivity index (χ4n) is 2.29. The molecular weight excluding hydrogens is 312 g/mol. The van der Waals surface area contributed by atoms with Crippen LogP contribution in [-0.2, 0) is 11.2 Å². The van der Waals surface area contributed by atoms with Crippen LogP contribution in [0.25, 0.3) is 6.08 Å². The predicted molar refractivity (Wildman–Crippen MR) is 100 cm³/mol. The zero-order valence-corrected chi connectivity index (χ0v) is 14.7. The standard InChI is InChI=1S/C21H22N2O2/c1-4-16-9-11-19(12-10-16)23-21(24)18(14-22)13-17-7-5-6-8-20(17)25-15(2)3/h5-13,15H,4H2,1-3H3,(H,23,24)/b18-13+. The summed E-state index contributed by atoms with van der Waals surface area (Å²) in [6, 6.07) is 16.9. The van der Waals surface area contributed by atoms with Gasteiger partial charge in [-0.05, 0) is 50.1 Å². The Bertz CT molecular complexity index is 799. The maximum absolute atomic E-state index is 12.4. The molecule has 0 aliphatic rings. The fraction of sp³-hybridized carbons (Fsp3) is 0.238. The van der Waals surface area contributed by atoms with E-state index in [0.717, 1.165) is 6.42 Å². The van der Waals surface area contributed by atoms with Crippen LogP contribution in [0.3, 0.4) is 0 Å². The van der Waals surface area contributed by atoms with Crippen LogP contribution in [0.1, 0.15) is 31.9 Å². The van der Waals surface area contributed by atoms with Gasteiger partial charge >= 0.3 is 0 Å². The lowest BCUT2D eigenvalue weighted by atomic mass is 10.1. The van der Waals surface area contributed by atoms with Crippen LogP contribution in [0, 0.1) is 11.3 Å². The van der Waals surface area contributed by atoms with Crippen LogP contribution in [0.15, 0.2) is 54.1 Å². The van der Waals surface area contributed by atoms with Gasteiger partial charge in [-0.3, -0.25) is 4.79 Å². The van der Waals surface area contributed by atoms with Crippen molar-refractivity contribution in [2.24, 2.45) is 0 Å². The van der Waals surface area contributed by atoms with Gasteiger partial charge in [0, 0.05) is 11.3 Å². The van der Waals surface area contributed by atoms with Gasteiger partial charge in [0.1, 0.15) is 17.4 Å². The molecule has 0 aliphatic carbocycles. The average molecular weight is 334 g/mol. The van der Waals surface area contributed by atoms with Crippen LogP contribution in [-0.4, -0.2) is 12.0 Å². The summed E-state index contributed by atoms with van der Waals surface area (Å²) in [6.45, 7) is 5.93. The Morgan fingerprint density at radius 3 is 2.48 bits per heavy atom. The Morgan fingerprint density at radius 2 is 1.88 bits per heavy atom. The summed E-state index contributed by atoms with van der Waals surface area (Å²) in [4.78, 5) is 12.4. The summed E-state index contributed by atoms with van der Waals surface area (Å²) in [5.41, 5.74) is 2.58. The van der Waals surface area contributed by atoms with Crippen molar-refractivity contribution in [2.75, 3.05) is 5.32 Å². The van der Waals surface area contributed by atoms with Gasteiger partial charge in [0.15, 0.2) is 0 Å². The minimum absolute atomic E-state index is 0.00555. The van der Waals surface area contributed by atoms with Gasteiger partial charge < -0.3 is 10.1 Å². The number of carbonyl (C=O) groups is 1. The number of carbonyl (C=O) groups excluding carboxylic acids is 1. The smallest absolute Gasteiger partial charge is 0.266 e. The molecule has 2 aromatic carbocycles. The van der Waals surface area contributed by atoms with E-state index in [-0.39, 0.29) is 11.7 Å². The molecule has 0 atom stereocenters. The molecule has 4 heteroatoms. The van der Waals surface area contributed by atoms with E-state index in [1.165, 1.54) is 5.56 Å². The molecule has 2 rings (SSSR count). The van der Waals surface area contributed by atoms with E-state index < -0.39 is 5.91 Å². The first-order valence-electron chi connectivity index (χ1n) is 8.31.